The van der Waals surface area contributed by atoms with Crippen LogP contribution in [0.2, 0.25) is 0 Å². The molecule has 1 heterocycles. The van der Waals surface area contributed by atoms with Crippen molar-refractivity contribution >= 4 is 11.6 Å². The first-order valence-corrected chi connectivity index (χ1v) is 7.03. The zero-order valence-corrected chi connectivity index (χ0v) is 12.5. The number of halogens is 2. The van der Waals surface area contributed by atoms with E-state index < -0.39 is 5.82 Å². The molecule has 2 aromatic rings. The Morgan fingerprint density at radius 2 is 2.05 bits per heavy atom. The molecule has 0 aliphatic carbocycles. The summed E-state index contributed by atoms with van der Waals surface area (Å²) in [6.07, 6.45) is 1.13. The number of hydrogen-bond acceptors (Lipinski definition) is 2. The molecule has 4 heteroatoms. The minimum Gasteiger partial charge on any atom is -0.439 e. The lowest BCUT2D eigenvalue weighted by atomic mass is 9.98. The molecule has 0 amide bonds. The van der Waals surface area contributed by atoms with E-state index >= 15 is 0 Å². The highest BCUT2D eigenvalue weighted by atomic mass is 35.5. The molecule has 2 nitrogen and oxygen atoms in total. The highest BCUT2D eigenvalue weighted by Gasteiger charge is 2.09. The number of nitrogens with zero attached hydrogens (tertiary/aromatic N) is 1. The Bertz CT molecular complexity index is 613. The molecule has 0 bridgehead atoms. The first kappa shape index (κ1) is 14.8. The highest BCUT2D eigenvalue weighted by molar-refractivity contribution is 6.17. The normalized spacial score (nSPS) is 10.9. The van der Waals surface area contributed by atoms with Crippen molar-refractivity contribution in [2.24, 2.45) is 0 Å². The monoisotopic (exact) mass is 293 g/mol. The van der Waals surface area contributed by atoms with Gasteiger partial charge in [0.1, 0.15) is 11.6 Å². The number of alkyl halides is 1. The van der Waals surface area contributed by atoms with Crippen LogP contribution in [-0.2, 0) is 5.88 Å². The number of hydrogen-bond donors (Lipinski definition) is 0. The third-order valence-corrected chi connectivity index (χ3v) is 3.40. The Kier molecular flexibility index (Phi) is 4.61. The summed E-state index contributed by atoms with van der Waals surface area (Å²) in [5, 5.41) is 0. The molecule has 0 unspecified atom stereocenters. The number of ether oxygens (including phenoxy) is 1. The minimum absolute atomic E-state index is 0.156. The molecule has 0 radical (unpaired) electrons. The highest BCUT2D eigenvalue weighted by Crippen LogP contribution is 2.28. The second-order valence-electron chi connectivity index (χ2n) is 5.03. The minimum atomic E-state index is -0.417. The molecule has 1 aromatic carbocycles. The van der Waals surface area contributed by atoms with Gasteiger partial charge in [-0.3, -0.25) is 0 Å². The van der Waals surface area contributed by atoms with Crippen molar-refractivity contribution in [3.05, 3.63) is 53.0 Å². The van der Waals surface area contributed by atoms with Gasteiger partial charge in [-0.1, -0.05) is 19.9 Å². The number of pyridine rings is 1. The molecule has 0 atom stereocenters. The molecule has 0 fully saturated rings. The van der Waals surface area contributed by atoms with Gasteiger partial charge in [0.05, 0.1) is 12.1 Å². The quantitative estimate of drug-likeness (QED) is 0.724. The van der Waals surface area contributed by atoms with Gasteiger partial charge in [-0.2, -0.15) is 0 Å². The maximum absolute atomic E-state index is 13.1. The Labute approximate surface area is 123 Å². The first-order valence-electron chi connectivity index (χ1n) is 6.50. The molecular weight excluding hydrogens is 277 g/mol. The summed E-state index contributed by atoms with van der Waals surface area (Å²) in [7, 11) is 0. The van der Waals surface area contributed by atoms with Crippen LogP contribution in [-0.4, -0.2) is 4.98 Å². The van der Waals surface area contributed by atoms with E-state index in [1.165, 1.54) is 11.6 Å². The van der Waals surface area contributed by atoms with Crippen LogP contribution < -0.4 is 4.74 Å². The zero-order valence-electron chi connectivity index (χ0n) is 11.8. The smallest absolute Gasteiger partial charge is 0.223 e. The fraction of sp³-hybridized carbons (Fsp3) is 0.312. The number of aromatic nitrogens is 1. The van der Waals surface area contributed by atoms with Crippen molar-refractivity contribution in [2.75, 3.05) is 0 Å². The van der Waals surface area contributed by atoms with E-state index in [0.717, 1.165) is 11.8 Å². The van der Waals surface area contributed by atoms with Crippen molar-refractivity contribution in [3.8, 4) is 11.6 Å². The molecule has 106 valence electrons. The van der Waals surface area contributed by atoms with Gasteiger partial charge in [-0.25, -0.2) is 9.37 Å². The van der Waals surface area contributed by atoms with Gasteiger partial charge < -0.3 is 4.74 Å². The molecule has 0 spiro atoms. The molecule has 0 aliphatic heterocycles. The summed E-state index contributed by atoms with van der Waals surface area (Å²) >= 11 is 5.78. The first-order chi connectivity index (χ1) is 9.51. The van der Waals surface area contributed by atoms with E-state index in [-0.39, 0.29) is 5.88 Å². The van der Waals surface area contributed by atoms with Gasteiger partial charge in [0.2, 0.25) is 5.88 Å². The summed E-state index contributed by atoms with van der Waals surface area (Å²) in [4.78, 5) is 3.95. The Balaban J connectivity index is 2.28. The maximum Gasteiger partial charge on any atom is 0.223 e. The third-order valence-electron chi connectivity index (χ3n) is 3.11. The molecular formula is C16H17ClFNO. The van der Waals surface area contributed by atoms with Crippen LogP contribution in [0.3, 0.4) is 0 Å². The van der Waals surface area contributed by atoms with E-state index in [0.29, 0.717) is 23.1 Å². The van der Waals surface area contributed by atoms with Crippen LogP contribution in [0.4, 0.5) is 4.39 Å². The van der Waals surface area contributed by atoms with Crippen LogP contribution in [0.5, 0.6) is 11.6 Å². The zero-order chi connectivity index (χ0) is 14.7. The fourth-order valence-corrected chi connectivity index (χ4v) is 2.32. The van der Waals surface area contributed by atoms with Crippen molar-refractivity contribution in [2.45, 2.75) is 32.6 Å². The second-order valence-corrected chi connectivity index (χ2v) is 5.29. The third kappa shape index (κ3) is 3.28. The topological polar surface area (TPSA) is 22.1 Å². The van der Waals surface area contributed by atoms with E-state index in [1.807, 2.05) is 25.1 Å². The predicted octanol–water partition coefficient (Wildman–Crippen LogP) is 5.18. The maximum atomic E-state index is 13.1. The van der Waals surface area contributed by atoms with Gasteiger partial charge in [0.15, 0.2) is 0 Å². The van der Waals surface area contributed by atoms with Gasteiger partial charge in [0.25, 0.3) is 0 Å². The SMILES string of the molecule is Cc1cc(Oc2ncc(F)cc2CCl)ccc1C(C)C. The van der Waals surface area contributed by atoms with E-state index in [2.05, 4.69) is 18.8 Å². The molecule has 0 aliphatic rings. The van der Waals surface area contributed by atoms with Gasteiger partial charge in [-0.15, -0.1) is 11.6 Å². The van der Waals surface area contributed by atoms with Crippen molar-refractivity contribution in [3.63, 3.8) is 0 Å². The van der Waals surface area contributed by atoms with Crippen LogP contribution in [0, 0.1) is 12.7 Å². The average Bonchev–Trinajstić information content (AvgIpc) is 2.40. The van der Waals surface area contributed by atoms with Gasteiger partial charge >= 0.3 is 0 Å². The summed E-state index contributed by atoms with van der Waals surface area (Å²) in [6, 6.07) is 7.23. The predicted molar refractivity (Wildman–Crippen MR) is 79.1 cm³/mol. The Morgan fingerprint density at radius 3 is 2.65 bits per heavy atom. The molecule has 1 aromatic heterocycles. The summed E-state index contributed by atoms with van der Waals surface area (Å²) < 4.78 is 18.8. The van der Waals surface area contributed by atoms with Crippen LogP contribution in [0.25, 0.3) is 0 Å². The molecule has 0 saturated carbocycles. The van der Waals surface area contributed by atoms with Crippen LogP contribution in [0.15, 0.2) is 30.5 Å². The molecule has 0 saturated heterocycles. The molecule has 20 heavy (non-hydrogen) atoms. The van der Waals surface area contributed by atoms with Crippen molar-refractivity contribution in [1.29, 1.82) is 0 Å². The molecule has 2 rings (SSSR count). The van der Waals surface area contributed by atoms with E-state index in [1.54, 1.807) is 0 Å². The van der Waals surface area contributed by atoms with Crippen LogP contribution >= 0.6 is 11.6 Å². The van der Waals surface area contributed by atoms with Crippen LogP contribution in [0.1, 0.15) is 36.5 Å². The van der Waals surface area contributed by atoms with Crippen molar-refractivity contribution in [1.82, 2.24) is 4.98 Å². The van der Waals surface area contributed by atoms with E-state index in [9.17, 15) is 4.39 Å². The Hall–Kier alpha value is -1.61. The largest absolute Gasteiger partial charge is 0.439 e. The summed E-state index contributed by atoms with van der Waals surface area (Å²) in [5.41, 5.74) is 2.98. The number of benzene rings is 1. The lowest BCUT2D eigenvalue weighted by Crippen LogP contribution is -1.96. The van der Waals surface area contributed by atoms with E-state index in [4.69, 9.17) is 16.3 Å². The van der Waals surface area contributed by atoms with Gasteiger partial charge in [-0.05, 0) is 42.2 Å². The number of rotatable bonds is 4. The summed E-state index contributed by atoms with van der Waals surface area (Å²) in [6.45, 7) is 6.34. The molecule has 0 N–H and O–H groups in total. The van der Waals surface area contributed by atoms with Gasteiger partial charge in [0, 0.05) is 5.56 Å². The Morgan fingerprint density at radius 1 is 1.30 bits per heavy atom. The average molecular weight is 294 g/mol. The standard InChI is InChI=1S/C16H17ClFNO/c1-10(2)15-5-4-14(6-11(15)3)20-16-12(8-17)7-13(18)9-19-16/h4-7,9-10H,8H2,1-3H3. The number of aryl methyl sites for hydroxylation is 1. The lowest BCUT2D eigenvalue weighted by Gasteiger charge is -2.13. The summed E-state index contributed by atoms with van der Waals surface area (Å²) in [5.74, 6) is 1.23. The van der Waals surface area contributed by atoms with Crippen molar-refractivity contribution < 1.29 is 9.13 Å². The fourth-order valence-electron chi connectivity index (χ4n) is 2.13. The lowest BCUT2D eigenvalue weighted by molar-refractivity contribution is 0.453. The second kappa shape index (κ2) is 6.23.